The van der Waals surface area contributed by atoms with Gasteiger partial charge in [-0.05, 0) is 62.9 Å². The summed E-state index contributed by atoms with van der Waals surface area (Å²) in [5.41, 5.74) is 0.616. The molecule has 2 rings (SSSR count). The van der Waals surface area contributed by atoms with E-state index in [-0.39, 0.29) is 18.2 Å². The number of amides is 3. The van der Waals surface area contributed by atoms with Gasteiger partial charge >= 0.3 is 6.09 Å². The number of benzene rings is 2. The second-order valence-electron chi connectivity index (χ2n) is 10.0. The third-order valence-electron chi connectivity index (χ3n) is 5.45. The Morgan fingerprint density at radius 3 is 2.30 bits per heavy atom. The van der Waals surface area contributed by atoms with Crippen LogP contribution in [0.1, 0.15) is 51.8 Å². The Morgan fingerprint density at radius 1 is 1.11 bits per heavy atom. The van der Waals surface area contributed by atoms with Gasteiger partial charge in [0.1, 0.15) is 23.4 Å². The Hall–Kier alpha value is -3.30. The molecule has 2 unspecified atom stereocenters. The predicted molar refractivity (Wildman–Crippen MR) is 142 cm³/mol. The number of aliphatic hydroxyl groups excluding tert-OH is 1. The highest BCUT2D eigenvalue weighted by Gasteiger charge is 2.37. The molecule has 202 valence electrons. The van der Waals surface area contributed by atoms with E-state index in [4.69, 9.17) is 16.3 Å². The number of carbonyl (C=O) groups is 3. The maximum atomic E-state index is 13.8. The van der Waals surface area contributed by atoms with E-state index >= 15 is 0 Å². The summed E-state index contributed by atoms with van der Waals surface area (Å²) in [7, 11) is 0. The summed E-state index contributed by atoms with van der Waals surface area (Å²) < 4.78 is 5.32. The number of phenolic OH excluding ortho intramolecular Hbond substituents is 1. The van der Waals surface area contributed by atoms with E-state index in [0.29, 0.717) is 21.8 Å². The van der Waals surface area contributed by atoms with E-state index in [9.17, 15) is 24.6 Å². The Kier molecular flexibility index (Phi) is 10.3. The molecule has 2 aromatic carbocycles. The first kappa shape index (κ1) is 29.9. The molecule has 0 bridgehead atoms. The van der Waals surface area contributed by atoms with Crippen molar-refractivity contribution in [2.75, 3.05) is 18.5 Å². The Labute approximate surface area is 222 Å². The fourth-order valence-electron chi connectivity index (χ4n) is 3.75. The lowest BCUT2D eigenvalue weighted by atomic mass is 9.98. The number of nitrogens with zero attached hydrogens (tertiary/aromatic N) is 1. The molecule has 0 aliphatic rings. The molecule has 0 heterocycles. The lowest BCUT2D eigenvalue weighted by molar-refractivity contribution is -0.142. The monoisotopic (exact) mass is 533 g/mol. The van der Waals surface area contributed by atoms with Crippen LogP contribution < -0.4 is 10.6 Å². The number of para-hydroxylation sites is 1. The van der Waals surface area contributed by atoms with E-state index in [1.165, 1.54) is 17.0 Å². The molecule has 0 saturated heterocycles. The highest BCUT2D eigenvalue weighted by Crippen LogP contribution is 2.30. The zero-order chi connectivity index (χ0) is 27.9. The van der Waals surface area contributed by atoms with Crippen molar-refractivity contribution in [1.82, 2.24) is 10.2 Å². The van der Waals surface area contributed by atoms with E-state index in [2.05, 4.69) is 10.6 Å². The molecule has 0 spiro atoms. The molecule has 0 aliphatic heterocycles. The highest BCUT2D eigenvalue weighted by atomic mass is 35.5. The number of anilines is 1. The van der Waals surface area contributed by atoms with Crippen molar-refractivity contribution in [3.63, 3.8) is 0 Å². The first-order valence-corrected chi connectivity index (χ1v) is 12.4. The summed E-state index contributed by atoms with van der Waals surface area (Å²) in [6, 6.07) is 8.78. The Balaban J connectivity index is 2.53. The molecule has 2 atom stereocenters. The molecule has 2 aromatic rings. The number of aromatic hydroxyl groups is 1. The van der Waals surface area contributed by atoms with Gasteiger partial charge in [0.25, 0.3) is 5.91 Å². The number of rotatable bonds is 9. The predicted octanol–water partition coefficient (Wildman–Crippen LogP) is 4.40. The minimum absolute atomic E-state index is 0.104. The number of halogens is 1. The van der Waals surface area contributed by atoms with Crippen molar-refractivity contribution >= 4 is 35.2 Å². The van der Waals surface area contributed by atoms with Crippen molar-refractivity contribution in [3.8, 4) is 5.75 Å². The van der Waals surface area contributed by atoms with E-state index in [1.807, 2.05) is 0 Å². The molecule has 0 aromatic heterocycles. The number of nitrogens with one attached hydrogen (secondary N) is 2. The number of aryl methyl sites for hydroxylation is 1. The fourth-order valence-corrected chi connectivity index (χ4v) is 4.02. The molecule has 0 fully saturated rings. The van der Waals surface area contributed by atoms with Crippen LogP contribution in [0.5, 0.6) is 5.75 Å². The van der Waals surface area contributed by atoms with Crippen LogP contribution in [0.25, 0.3) is 0 Å². The zero-order valence-electron chi connectivity index (χ0n) is 22.0. The average Bonchev–Trinajstić information content (AvgIpc) is 2.78. The van der Waals surface area contributed by atoms with Crippen LogP contribution in [0, 0.1) is 12.8 Å². The summed E-state index contributed by atoms with van der Waals surface area (Å²) >= 11 is 6.32. The lowest BCUT2D eigenvalue weighted by Gasteiger charge is -2.35. The minimum atomic E-state index is -1.26. The van der Waals surface area contributed by atoms with Crippen LogP contribution in [0.3, 0.4) is 0 Å². The SMILES string of the molecule is Cc1cccc(Cl)c1NC(=O)C(c1cccc(O)c1)N(CCO)C(=O)C(NC(=O)OC(C)(C)C)C(C)C. The molecule has 3 amide bonds. The highest BCUT2D eigenvalue weighted by molar-refractivity contribution is 6.34. The van der Waals surface area contributed by atoms with Gasteiger partial charge in [-0.25, -0.2) is 4.79 Å². The Bertz CT molecular complexity index is 1100. The van der Waals surface area contributed by atoms with Crippen molar-refractivity contribution in [2.45, 2.75) is 59.2 Å². The maximum absolute atomic E-state index is 13.8. The molecule has 9 nitrogen and oxygen atoms in total. The number of hydrogen-bond donors (Lipinski definition) is 4. The third kappa shape index (κ3) is 8.36. The third-order valence-corrected chi connectivity index (χ3v) is 5.76. The second-order valence-corrected chi connectivity index (χ2v) is 10.4. The quantitative estimate of drug-likeness (QED) is 0.378. The van der Waals surface area contributed by atoms with Crippen molar-refractivity contribution in [3.05, 3.63) is 58.6 Å². The smallest absolute Gasteiger partial charge is 0.408 e. The lowest BCUT2D eigenvalue weighted by Crippen LogP contribution is -2.55. The number of aliphatic hydroxyl groups is 1. The average molecular weight is 534 g/mol. The first-order chi connectivity index (χ1) is 17.2. The largest absolute Gasteiger partial charge is 0.508 e. The summed E-state index contributed by atoms with van der Waals surface area (Å²) in [5, 5.41) is 25.7. The standard InChI is InChI=1S/C27H36ClN3O6/c1-16(2)21(30-26(36)37-27(4,5)6)25(35)31(13-14-32)23(18-10-8-11-19(33)15-18)24(34)29-22-17(3)9-7-12-20(22)28/h7-12,15-16,21,23,32-33H,13-14H2,1-6H3,(H,29,34)(H,30,36). The van der Waals surface area contributed by atoms with Gasteiger partial charge in [0.2, 0.25) is 5.91 Å². The van der Waals surface area contributed by atoms with Crippen LogP contribution in [0.15, 0.2) is 42.5 Å². The summed E-state index contributed by atoms with van der Waals surface area (Å²) in [5.74, 6) is -1.69. The number of ether oxygens (including phenoxy) is 1. The molecule has 10 heteroatoms. The van der Waals surface area contributed by atoms with Crippen molar-refractivity contribution < 1.29 is 29.3 Å². The van der Waals surface area contributed by atoms with E-state index < -0.39 is 42.2 Å². The Morgan fingerprint density at radius 2 is 1.76 bits per heavy atom. The number of phenols is 1. The van der Waals surface area contributed by atoms with Gasteiger partial charge in [0.15, 0.2) is 0 Å². The van der Waals surface area contributed by atoms with Gasteiger partial charge < -0.3 is 30.5 Å². The summed E-state index contributed by atoms with van der Waals surface area (Å²) in [4.78, 5) is 41.2. The first-order valence-electron chi connectivity index (χ1n) is 12.0. The van der Waals surface area contributed by atoms with Gasteiger partial charge in [0.05, 0.1) is 17.3 Å². The topological polar surface area (TPSA) is 128 Å². The number of hydrogen-bond acceptors (Lipinski definition) is 6. The maximum Gasteiger partial charge on any atom is 0.408 e. The minimum Gasteiger partial charge on any atom is -0.508 e. The van der Waals surface area contributed by atoms with E-state index in [1.54, 1.807) is 71.9 Å². The van der Waals surface area contributed by atoms with Gasteiger partial charge in [0, 0.05) is 6.54 Å². The summed E-state index contributed by atoms with van der Waals surface area (Å²) in [6.07, 6.45) is -0.784. The van der Waals surface area contributed by atoms with Crippen LogP contribution >= 0.6 is 11.6 Å². The van der Waals surface area contributed by atoms with Crippen molar-refractivity contribution in [1.29, 1.82) is 0 Å². The molecule has 0 radical (unpaired) electrons. The molecular formula is C27H36ClN3O6. The van der Waals surface area contributed by atoms with Gasteiger partial charge in [-0.3, -0.25) is 9.59 Å². The molecule has 37 heavy (non-hydrogen) atoms. The van der Waals surface area contributed by atoms with Crippen LogP contribution in [0.2, 0.25) is 5.02 Å². The zero-order valence-corrected chi connectivity index (χ0v) is 22.8. The van der Waals surface area contributed by atoms with E-state index in [0.717, 1.165) is 0 Å². The number of alkyl carbamates (subject to hydrolysis) is 1. The second kappa shape index (κ2) is 12.8. The van der Waals surface area contributed by atoms with Crippen LogP contribution in [-0.2, 0) is 14.3 Å². The van der Waals surface area contributed by atoms with Gasteiger partial charge in [-0.1, -0.05) is 49.7 Å². The molecule has 0 saturated carbocycles. The number of carbonyl (C=O) groups excluding carboxylic acids is 3. The molecule has 4 N–H and O–H groups in total. The summed E-state index contributed by atoms with van der Waals surface area (Å²) in [6.45, 7) is 9.72. The van der Waals surface area contributed by atoms with Crippen molar-refractivity contribution in [2.24, 2.45) is 5.92 Å². The van der Waals surface area contributed by atoms with Gasteiger partial charge in [-0.2, -0.15) is 0 Å². The molecule has 0 aliphatic carbocycles. The normalized spacial score (nSPS) is 13.0. The van der Waals surface area contributed by atoms with Crippen LogP contribution in [0.4, 0.5) is 10.5 Å². The fraction of sp³-hybridized carbons (Fsp3) is 0.444. The van der Waals surface area contributed by atoms with Gasteiger partial charge in [-0.15, -0.1) is 0 Å². The molecular weight excluding hydrogens is 498 g/mol. The van der Waals surface area contributed by atoms with Crippen LogP contribution in [-0.4, -0.2) is 57.8 Å².